The van der Waals surface area contributed by atoms with Crippen molar-refractivity contribution in [3.63, 3.8) is 0 Å². The van der Waals surface area contributed by atoms with Crippen LogP contribution >= 0.6 is 0 Å². The van der Waals surface area contributed by atoms with Gasteiger partial charge in [-0.15, -0.1) is 0 Å². The number of aromatic nitrogens is 1. The third-order valence-electron chi connectivity index (χ3n) is 2.62. The van der Waals surface area contributed by atoms with Crippen molar-refractivity contribution in [3.05, 3.63) is 39.8 Å². The Balaban J connectivity index is 2.92. The average Bonchev–Trinajstić information content (AvgIpc) is 2.27. The minimum absolute atomic E-state index is 0.0856. The topological polar surface area (TPSA) is 62.3 Å². The number of nitrogens with one attached hydrogen (secondary N) is 1. The van der Waals surface area contributed by atoms with E-state index in [2.05, 4.69) is 4.98 Å². The molecule has 84 valence electrons. The molecule has 2 N–H and O–H groups in total. The van der Waals surface area contributed by atoms with Crippen LogP contribution in [0.4, 0.5) is 0 Å². The van der Waals surface area contributed by atoms with Gasteiger partial charge in [0.1, 0.15) is 5.75 Å². The predicted octanol–water partition coefficient (Wildman–Crippen LogP) is 1.34. The van der Waals surface area contributed by atoms with Crippen molar-refractivity contribution in [2.75, 3.05) is 7.11 Å². The molecule has 0 saturated heterocycles. The number of fused-ring (bicyclic) bond motifs is 1. The molecule has 0 amide bonds. The lowest BCUT2D eigenvalue weighted by Crippen LogP contribution is -2.06. The third kappa shape index (κ3) is 1.57. The molecule has 0 fully saturated rings. The van der Waals surface area contributed by atoms with Gasteiger partial charge in [-0.25, -0.2) is 0 Å². The molecule has 1 aromatic carbocycles. The van der Waals surface area contributed by atoms with Crippen LogP contribution in [0.15, 0.2) is 23.0 Å². The summed E-state index contributed by atoms with van der Waals surface area (Å²) >= 11 is 0. The number of aryl methyl sites for hydroxylation is 1. The number of pyridine rings is 1. The zero-order valence-electron chi connectivity index (χ0n) is 9.20. The second-order valence-electron chi connectivity index (χ2n) is 3.64. The monoisotopic (exact) mass is 219 g/mol. The summed E-state index contributed by atoms with van der Waals surface area (Å²) in [7, 11) is 1.55. The molecule has 0 bridgehead atoms. The Hall–Kier alpha value is -1.81. The number of H-pyrrole nitrogens is 1. The van der Waals surface area contributed by atoms with E-state index in [4.69, 9.17) is 4.74 Å². The summed E-state index contributed by atoms with van der Waals surface area (Å²) < 4.78 is 5.29. The van der Waals surface area contributed by atoms with Crippen LogP contribution in [0.1, 0.15) is 11.3 Å². The Kier molecular flexibility index (Phi) is 2.66. The van der Waals surface area contributed by atoms with Gasteiger partial charge in [0.15, 0.2) is 0 Å². The Labute approximate surface area is 92.5 Å². The number of aliphatic hydroxyl groups is 1. The predicted molar refractivity (Wildman–Crippen MR) is 61.8 cm³/mol. The normalized spacial score (nSPS) is 10.7. The molecule has 0 aliphatic heterocycles. The van der Waals surface area contributed by atoms with Crippen molar-refractivity contribution in [3.8, 4) is 5.75 Å². The first kappa shape index (κ1) is 10.7. The maximum atomic E-state index is 11.3. The van der Waals surface area contributed by atoms with E-state index in [0.717, 1.165) is 16.5 Å². The molecule has 1 heterocycles. The van der Waals surface area contributed by atoms with Crippen LogP contribution in [0.25, 0.3) is 10.8 Å². The van der Waals surface area contributed by atoms with Crippen LogP contribution in [0.2, 0.25) is 0 Å². The van der Waals surface area contributed by atoms with Gasteiger partial charge in [0.25, 0.3) is 0 Å². The van der Waals surface area contributed by atoms with E-state index in [1.54, 1.807) is 13.2 Å². The highest BCUT2D eigenvalue weighted by atomic mass is 16.5. The van der Waals surface area contributed by atoms with Crippen LogP contribution in [-0.4, -0.2) is 17.2 Å². The molecule has 0 aliphatic carbocycles. The van der Waals surface area contributed by atoms with Gasteiger partial charge in [-0.1, -0.05) is 12.1 Å². The molecule has 0 spiro atoms. The van der Waals surface area contributed by atoms with E-state index >= 15 is 0 Å². The quantitative estimate of drug-likeness (QED) is 0.801. The van der Waals surface area contributed by atoms with Crippen molar-refractivity contribution in [1.29, 1.82) is 0 Å². The maximum Gasteiger partial charge on any atom is 0.248 e. The van der Waals surface area contributed by atoms with E-state index in [0.29, 0.717) is 11.3 Å². The lowest BCUT2D eigenvalue weighted by Gasteiger charge is -2.11. The van der Waals surface area contributed by atoms with Crippen LogP contribution < -0.4 is 10.3 Å². The van der Waals surface area contributed by atoms with Gasteiger partial charge in [0.05, 0.1) is 13.7 Å². The van der Waals surface area contributed by atoms with Crippen molar-refractivity contribution in [2.24, 2.45) is 0 Å². The van der Waals surface area contributed by atoms with Crippen molar-refractivity contribution in [2.45, 2.75) is 13.5 Å². The fraction of sp³-hybridized carbons (Fsp3) is 0.250. The van der Waals surface area contributed by atoms with Gasteiger partial charge in [-0.2, -0.15) is 0 Å². The number of aliphatic hydroxyl groups excluding tert-OH is 1. The Morgan fingerprint density at radius 1 is 1.44 bits per heavy atom. The number of methoxy groups -OCH3 is 1. The van der Waals surface area contributed by atoms with Gasteiger partial charge >= 0.3 is 0 Å². The minimum Gasteiger partial charge on any atom is -0.496 e. The summed E-state index contributed by atoms with van der Waals surface area (Å²) in [5, 5.41) is 10.9. The van der Waals surface area contributed by atoms with Crippen LogP contribution in [0.5, 0.6) is 5.75 Å². The standard InChI is InChI=1S/C12H13NO3/c1-7-11-8(5-10(15)13-7)3-4-9(6-14)12(11)16-2/h3-5,14H,6H2,1-2H3,(H,13,15). The van der Waals surface area contributed by atoms with E-state index < -0.39 is 0 Å². The second kappa shape index (κ2) is 3.98. The lowest BCUT2D eigenvalue weighted by atomic mass is 10.1. The summed E-state index contributed by atoms with van der Waals surface area (Å²) in [6.45, 7) is 1.73. The summed E-state index contributed by atoms with van der Waals surface area (Å²) in [5.41, 5.74) is 1.32. The van der Waals surface area contributed by atoms with Gasteiger partial charge in [0, 0.05) is 22.7 Å². The fourth-order valence-corrected chi connectivity index (χ4v) is 1.93. The summed E-state index contributed by atoms with van der Waals surface area (Å²) in [5.74, 6) is 0.619. The summed E-state index contributed by atoms with van der Waals surface area (Å²) in [4.78, 5) is 14.0. The van der Waals surface area contributed by atoms with Crippen molar-refractivity contribution < 1.29 is 9.84 Å². The van der Waals surface area contributed by atoms with Gasteiger partial charge in [0.2, 0.25) is 5.56 Å². The minimum atomic E-state index is -0.135. The zero-order valence-corrected chi connectivity index (χ0v) is 9.20. The Morgan fingerprint density at radius 3 is 2.81 bits per heavy atom. The molecule has 0 aliphatic rings. The smallest absolute Gasteiger partial charge is 0.248 e. The van der Waals surface area contributed by atoms with E-state index in [9.17, 15) is 9.90 Å². The number of benzene rings is 1. The van der Waals surface area contributed by atoms with Gasteiger partial charge < -0.3 is 14.8 Å². The van der Waals surface area contributed by atoms with E-state index in [1.807, 2.05) is 13.0 Å². The van der Waals surface area contributed by atoms with E-state index in [1.165, 1.54) is 6.07 Å². The molecule has 0 saturated carbocycles. The molecule has 2 rings (SSSR count). The first-order valence-electron chi connectivity index (χ1n) is 4.97. The fourth-order valence-electron chi connectivity index (χ4n) is 1.93. The first-order chi connectivity index (χ1) is 7.67. The molecule has 0 atom stereocenters. The lowest BCUT2D eigenvalue weighted by molar-refractivity contribution is 0.274. The van der Waals surface area contributed by atoms with Crippen molar-refractivity contribution in [1.82, 2.24) is 4.98 Å². The molecule has 0 radical (unpaired) electrons. The summed E-state index contributed by atoms with van der Waals surface area (Å²) in [6.07, 6.45) is 0. The molecule has 4 heteroatoms. The zero-order chi connectivity index (χ0) is 11.7. The molecule has 4 nitrogen and oxygen atoms in total. The highest BCUT2D eigenvalue weighted by Crippen LogP contribution is 2.30. The average molecular weight is 219 g/mol. The number of hydrogen-bond donors (Lipinski definition) is 2. The second-order valence-corrected chi connectivity index (χ2v) is 3.64. The molecule has 0 unspecified atom stereocenters. The van der Waals surface area contributed by atoms with Crippen LogP contribution in [0, 0.1) is 6.92 Å². The van der Waals surface area contributed by atoms with Gasteiger partial charge in [-0.3, -0.25) is 4.79 Å². The molecular weight excluding hydrogens is 206 g/mol. The van der Waals surface area contributed by atoms with Crippen molar-refractivity contribution >= 4 is 10.8 Å². The number of hydrogen-bond acceptors (Lipinski definition) is 3. The maximum absolute atomic E-state index is 11.3. The Bertz CT molecular complexity index is 587. The molecular formula is C12H13NO3. The third-order valence-corrected chi connectivity index (χ3v) is 2.62. The Morgan fingerprint density at radius 2 is 2.19 bits per heavy atom. The van der Waals surface area contributed by atoms with Crippen LogP contribution in [-0.2, 0) is 6.61 Å². The highest BCUT2D eigenvalue weighted by Gasteiger charge is 2.10. The van der Waals surface area contributed by atoms with Crippen LogP contribution in [0.3, 0.4) is 0 Å². The highest BCUT2D eigenvalue weighted by molar-refractivity contribution is 5.91. The van der Waals surface area contributed by atoms with Gasteiger partial charge in [-0.05, 0) is 12.3 Å². The summed E-state index contributed by atoms with van der Waals surface area (Å²) in [6, 6.07) is 5.09. The molecule has 1 aromatic heterocycles. The molecule has 2 aromatic rings. The van der Waals surface area contributed by atoms with E-state index in [-0.39, 0.29) is 12.2 Å². The first-order valence-corrected chi connectivity index (χ1v) is 4.97. The molecule has 16 heavy (non-hydrogen) atoms. The number of ether oxygens (including phenoxy) is 1. The SMILES string of the molecule is COc1c(CO)ccc2cc(=O)[nH]c(C)c12. The number of rotatable bonds is 2. The number of aromatic amines is 1. The largest absolute Gasteiger partial charge is 0.496 e.